The lowest BCUT2D eigenvalue weighted by atomic mass is 10.0. The lowest BCUT2D eigenvalue weighted by Crippen LogP contribution is -2.43. The minimum atomic E-state index is -0.957. The van der Waals surface area contributed by atoms with Gasteiger partial charge in [0.25, 0.3) is 0 Å². The third-order valence-corrected chi connectivity index (χ3v) is 4.24. The second-order valence-electron chi connectivity index (χ2n) is 4.93. The molecule has 0 aliphatic carbocycles. The number of hydrogen-bond donors (Lipinski definition) is 1. The van der Waals surface area contributed by atoms with Crippen LogP contribution in [0.15, 0.2) is 36.9 Å². The number of aliphatic carboxylic acids is 1. The fourth-order valence-corrected chi connectivity index (χ4v) is 2.75. The van der Waals surface area contributed by atoms with Crippen molar-refractivity contribution in [2.24, 2.45) is 5.92 Å². The number of likely N-dealkylation sites (tertiary alicyclic amines) is 1. The third kappa shape index (κ3) is 3.39. The van der Waals surface area contributed by atoms with Crippen molar-refractivity contribution < 1.29 is 14.7 Å². The molecule has 1 saturated heterocycles. The van der Waals surface area contributed by atoms with Crippen LogP contribution in [-0.4, -0.2) is 34.5 Å². The van der Waals surface area contributed by atoms with Crippen molar-refractivity contribution >= 4 is 34.5 Å². The predicted octanol–water partition coefficient (Wildman–Crippen LogP) is 2.32. The highest BCUT2D eigenvalue weighted by atomic mass is 127. The molecule has 2 atom stereocenters. The van der Waals surface area contributed by atoms with E-state index in [0.29, 0.717) is 19.4 Å². The number of carboxylic acid groups (broad SMARTS) is 1. The molecule has 0 spiro atoms. The van der Waals surface area contributed by atoms with Gasteiger partial charge in [0.05, 0.1) is 0 Å². The molecular formula is C15H16INO3. The molecule has 0 aromatic heterocycles. The zero-order valence-electron chi connectivity index (χ0n) is 11.0. The molecular weight excluding hydrogens is 369 g/mol. The molecule has 0 bridgehead atoms. The van der Waals surface area contributed by atoms with Crippen LogP contribution in [0.2, 0.25) is 0 Å². The van der Waals surface area contributed by atoms with E-state index >= 15 is 0 Å². The quantitative estimate of drug-likeness (QED) is 0.625. The van der Waals surface area contributed by atoms with Crippen molar-refractivity contribution in [2.45, 2.75) is 18.9 Å². The lowest BCUT2D eigenvalue weighted by Gasteiger charge is -2.24. The van der Waals surface area contributed by atoms with Crippen molar-refractivity contribution in [3.8, 4) is 0 Å². The molecule has 1 N–H and O–H groups in total. The summed E-state index contributed by atoms with van der Waals surface area (Å²) in [7, 11) is 0. The summed E-state index contributed by atoms with van der Waals surface area (Å²) in [4.78, 5) is 24.9. The Morgan fingerprint density at radius 2 is 2.15 bits per heavy atom. The van der Waals surface area contributed by atoms with Gasteiger partial charge in [-0.3, -0.25) is 4.79 Å². The summed E-state index contributed by atoms with van der Waals surface area (Å²) in [6, 6.07) is 6.89. The van der Waals surface area contributed by atoms with Crippen LogP contribution >= 0.6 is 22.6 Å². The van der Waals surface area contributed by atoms with Gasteiger partial charge in [0.2, 0.25) is 5.91 Å². The number of carbonyl (C=O) groups is 2. The molecule has 2 unspecified atom stereocenters. The van der Waals surface area contributed by atoms with E-state index in [4.69, 9.17) is 0 Å². The van der Waals surface area contributed by atoms with Gasteiger partial charge in [-0.15, -0.1) is 6.58 Å². The van der Waals surface area contributed by atoms with Gasteiger partial charge in [-0.05, 0) is 40.3 Å². The Bertz CT molecular complexity index is 526. The van der Waals surface area contributed by atoms with Crippen molar-refractivity contribution in [1.82, 2.24) is 4.90 Å². The molecule has 20 heavy (non-hydrogen) atoms. The number of carboxylic acids is 1. The smallest absolute Gasteiger partial charge is 0.326 e. The van der Waals surface area contributed by atoms with Crippen LogP contribution in [-0.2, 0) is 16.0 Å². The minimum absolute atomic E-state index is 0.0565. The first-order valence-corrected chi connectivity index (χ1v) is 7.48. The minimum Gasteiger partial charge on any atom is -0.480 e. The van der Waals surface area contributed by atoms with E-state index in [2.05, 4.69) is 29.2 Å². The van der Waals surface area contributed by atoms with Crippen LogP contribution in [0, 0.1) is 9.49 Å². The van der Waals surface area contributed by atoms with E-state index in [1.807, 2.05) is 24.3 Å². The Labute approximate surface area is 131 Å². The van der Waals surface area contributed by atoms with Crippen LogP contribution < -0.4 is 0 Å². The second-order valence-corrected chi connectivity index (χ2v) is 6.18. The number of rotatable bonds is 5. The van der Waals surface area contributed by atoms with E-state index in [1.165, 1.54) is 4.90 Å². The number of benzene rings is 1. The summed E-state index contributed by atoms with van der Waals surface area (Å²) < 4.78 is 1.10. The van der Waals surface area contributed by atoms with Crippen molar-refractivity contribution in [3.63, 3.8) is 0 Å². The number of hydrogen-bond acceptors (Lipinski definition) is 2. The standard InChI is InChI=1S/C15H16INO3/c1-2-10-8-14(18)17(9-10)13(15(19)20)7-11-3-5-12(16)6-4-11/h2-6,10,13H,1,7-9H2,(H,19,20). The van der Waals surface area contributed by atoms with Gasteiger partial charge in [0.1, 0.15) is 6.04 Å². The molecule has 5 heteroatoms. The first-order valence-electron chi connectivity index (χ1n) is 6.40. The summed E-state index contributed by atoms with van der Waals surface area (Å²) in [6.45, 7) is 4.13. The Morgan fingerprint density at radius 3 is 2.65 bits per heavy atom. The van der Waals surface area contributed by atoms with E-state index in [1.54, 1.807) is 6.08 Å². The Balaban J connectivity index is 2.15. The van der Waals surface area contributed by atoms with Gasteiger partial charge < -0.3 is 10.0 Å². The van der Waals surface area contributed by atoms with Gasteiger partial charge in [-0.1, -0.05) is 18.2 Å². The van der Waals surface area contributed by atoms with Crippen LogP contribution in [0.1, 0.15) is 12.0 Å². The highest BCUT2D eigenvalue weighted by Crippen LogP contribution is 2.23. The molecule has 1 aromatic rings. The van der Waals surface area contributed by atoms with Crippen molar-refractivity contribution in [1.29, 1.82) is 0 Å². The second kappa shape index (κ2) is 6.39. The molecule has 1 amide bonds. The first-order chi connectivity index (χ1) is 9.51. The topological polar surface area (TPSA) is 57.6 Å². The summed E-state index contributed by atoms with van der Waals surface area (Å²) in [6.07, 6.45) is 2.42. The summed E-state index contributed by atoms with van der Waals surface area (Å²) in [5, 5.41) is 9.41. The SMILES string of the molecule is C=CC1CC(=O)N(C(Cc2ccc(I)cc2)C(=O)O)C1. The fourth-order valence-electron chi connectivity index (χ4n) is 2.39. The molecule has 2 rings (SSSR count). The summed E-state index contributed by atoms with van der Waals surface area (Å²) >= 11 is 2.20. The van der Waals surface area contributed by atoms with Crippen molar-refractivity contribution in [2.75, 3.05) is 6.54 Å². The molecule has 1 heterocycles. The summed E-state index contributed by atoms with van der Waals surface area (Å²) in [5.74, 6) is -1.00. The van der Waals surface area contributed by atoms with Gasteiger partial charge in [-0.2, -0.15) is 0 Å². The molecule has 1 aromatic carbocycles. The van der Waals surface area contributed by atoms with Gasteiger partial charge in [0.15, 0.2) is 0 Å². The maximum absolute atomic E-state index is 11.9. The normalized spacial score (nSPS) is 19.9. The molecule has 0 saturated carbocycles. The average Bonchev–Trinajstić information content (AvgIpc) is 2.79. The third-order valence-electron chi connectivity index (χ3n) is 3.53. The number of nitrogens with zero attached hydrogens (tertiary/aromatic N) is 1. The van der Waals surface area contributed by atoms with E-state index in [0.717, 1.165) is 9.13 Å². The van der Waals surface area contributed by atoms with Crippen molar-refractivity contribution in [3.05, 3.63) is 46.1 Å². The molecule has 106 valence electrons. The zero-order valence-corrected chi connectivity index (χ0v) is 13.1. The van der Waals surface area contributed by atoms with Crippen LogP contribution in [0.3, 0.4) is 0 Å². The highest BCUT2D eigenvalue weighted by Gasteiger charge is 2.36. The van der Waals surface area contributed by atoms with Crippen LogP contribution in [0.5, 0.6) is 0 Å². The highest BCUT2D eigenvalue weighted by molar-refractivity contribution is 14.1. The molecule has 1 aliphatic rings. The molecule has 0 radical (unpaired) electrons. The molecule has 4 nitrogen and oxygen atoms in total. The zero-order chi connectivity index (χ0) is 14.7. The number of halogens is 1. The van der Waals surface area contributed by atoms with Gasteiger partial charge in [-0.25, -0.2) is 4.79 Å². The predicted molar refractivity (Wildman–Crippen MR) is 84.3 cm³/mol. The maximum Gasteiger partial charge on any atom is 0.326 e. The number of carbonyl (C=O) groups excluding carboxylic acids is 1. The maximum atomic E-state index is 11.9. The Hall–Kier alpha value is -1.37. The van der Waals surface area contributed by atoms with E-state index < -0.39 is 12.0 Å². The van der Waals surface area contributed by atoms with Gasteiger partial charge >= 0.3 is 5.97 Å². The Morgan fingerprint density at radius 1 is 1.50 bits per heavy atom. The first kappa shape index (κ1) is 15.0. The number of amides is 1. The van der Waals surface area contributed by atoms with E-state index in [9.17, 15) is 14.7 Å². The van der Waals surface area contributed by atoms with E-state index in [-0.39, 0.29) is 11.8 Å². The largest absolute Gasteiger partial charge is 0.480 e. The summed E-state index contributed by atoms with van der Waals surface area (Å²) in [5.41, 5.74) is 0.924. The lowest BCUT2D eigenvalue weighted by molar-refractivity contribution is -0.148. The monoisotopic (exact) mass is 385 g/mol. The average molecular weight is 385 g/mol. The van der Waals surface area contributed by atoms with Gasteiger partial charge in [0, 0.05) is 28.9 Å². The molecule has 1 aliphatic heterocycles. The fraction of sp³-hybridized carbons (Fsp3) is 0.333. The molecule has 1 fully saturated rings. The van der Waals surface area contributed by atoms with Crippen LogP contribution in [0.25, 0.3) is 0 Å². The van der Waals surface area contributed by atoms with Crippen LogP contribution in [0.4, 0.5) is 0 Å². The Kier molecular flexibility index (Phi) is 4.80.